The van der Waals surface area contributed by atoms with Crippen LogP contribution < -0.4 is 5.73 Å². The van der Waals surface area contributed by atoms with Gasteiger partial charge in [0, 0.05) is 16.9 Å². The van der Waals surface area contributed by atoms with Crippen LogP contribution in [-0.4, -0.2) is 43.0 Å². The molecule has 0 amide bonds. The summed E-state index contributed by atoms with van der Waals surface area (Å²) < 4.78 is 13.4. The lowest BCUT2D eigenvalue weighted by atomic mass is 9.34. The maximum atomic E-state index is 13.3. The first-order valence-corrected chi connectivity index (χ1v) is 17.2. The van der Waals surface area contributed by atoms with Crippen molar-refractivity contribution in [3.05, 3.63) is 11.6 Å². The highest BCUT2D eigenvalue weighted by molar-refractivity contribution is 5.73. The quantitative estimate of drug-likeness (QED) is 0.309. The van der Waals surface area contributed by atoms with Crippen LogP contribution in [0.1, 0.15) is 115 Å². The van der Waals surface area contributed by atoms with E-state index in [-0.39, 0.29) is 50.6 Å². The lowest BCUT2D eigenvalue weighted by molar-refractivity contribution is -0.251. The van der Waals surface area contributed by atoms with Crippen molar-refractivity contribution in [3.8, 4) is 0 Å². The van der Waals surface area contributed by atoms with Gasteiger partial charge in [-0.25, -0.2) is 0 Å². The number of fused-ring (bicyclic) bond motifs is 3. The van der Waals surface area contributed by atoms with Gasteiger partial charge in [0.25, 0.3) is 0 Å². The van der Waals surface area contributed by atoms with Gasteiger partial charge in [0.2, 0.25) is 0 Å². The SMILES string of the molecule is CC(C)[C@@H](C)[C@@]1(C)CC[C@]2(C)[C@H]3CC[C@@H]4[C@@]5(COC[C@]4(C)[C@@H](OC[C@H](N)C(C)(C)C)[C@H](C)C5)C3=CC[C@@]2(C)[C@@H]1C(=O)O. The van der Waals surface area contributed by atoms with E-state index in [2.05, 4.69) is 82.2 Å². The van der Waals surface area contributed by atoms with Crippen LogP contribution in [0.25, 0.3) is 0 Å². The number of carboxylic acids is 1. The highest BCUT2D eigenvalue weighted by Crippen LogP contribution is 2.75. The van der Waals surface area contributed by atoms with Gasteiger partial charge in [0.15, 0.2) is 0 Å². The molecule has 12 atom stereocenters. The van der Waals surface area contributed by atoms with Crippen LogP contribution in [0, 0.1) is 68.0 Å². The molecule has 0 aromatic heterocycles. The highest BCUT2D eigenvalue weighted by Gasteiger charge is 2.71. The van der Waals surface area contributed by atoms with Gasteiger partial charge >= 0.3 is 5.97 Å². The summed E-state index contributed by atoms with van der Waals surface area (Å²) >= 11 is 0. The zero-order valence-electron chi connectivity index (χ0n) is 28.8. The second kappa shape index (κ2) is 10.3. The van der Waals surface area contributed by atoms with Crippen LogP contribution in [-0.2, 0) is 14.3 Å². The average Bonchev–Trinajstić information content (AvgIpc) is 2.87. The minimum atomic E-state index is -0.588. The topological polar surface area (TPSA) is 81.8 Å². The molecular weight excluding hydrogens is 522 g/mol. The summed E-state index contributed by atoms with van der Waals surface area (Å²) in [5, 5.41) is 10.9. The molecule has 42 heavy (non-hydrogen) atoms. The lowest BCUT2D eigenvalue weighted by Gasteiger charge is -2.71. The Morgan fingerprint density at radius 1 is 1.10 bits per heavy atom. The molecule has 1 heterocycles. The maximum absolute atomic E-state index is 13.3. The number of carboxylic acid groups (broad SMARTS) is 1. The second-order valence-corrected chi connectivity index (χ2v) is 18.3. The summed E-state index contributed by atoms with van der Waals surface area (Å²) in [6, 6.07) is -0.00325. The molecule has 0 spiro atoms. The third-order valence-corrected chi connectivity index (χ3v) is 14.9. The van der Waals surface area contributed by atoms with E-state index in [9.17, 15) is 9.90 Å². The van der Waals surface area contributed by atoms with Crippen LogP contribution in [0.5, 0.6) is 0 Å². The number of ether oxygens (including phenoxy) is 2. The molecule has 5 aliphatic rings. The zero-order chi connectivity index (χ0) is 31.3. The maximum Gasteiger partial charge on any atom is 0.307 e. The van der Waals surface area contributed by atoms with Gasteiger partial charge in [-0.05, 0) is 89.8 Å². The molecule has 0 aromatic carbocycles. The van der Waals surface area contributed by atoms with Crippen molar-refractivity contribution in [1.29, 1.82) is 0 Å². The van der Waals surface area contributed by atoms with E-state index in [1.165, 1.54) is 6.42 Å². The number of allylic oxidation sites excluding steroid dienone is 1. The molecular formula is C37H63NO4. The predicted molar refractivity (Wildman–Crippen MR) is 170 cm³/mol. The van der Waals surface area contributed by atoms with Crippen molar-refractivity contribution in [3.63, 3.8) is 0 Å². The molecule has 240 valence electrons. The molecule has 0 unspecified atom stereocenters. The van der Waals surface area contributed by atoms with Gasteiger partial charge in [-0.3, -0.25) is 4.79 Å². The average molecular weight is 586 g/mol. The van der Waals surface area contributed by atoms with E-state index in [0.29, 0.717) is 36.2 Å². The molecule has 4 aliphatic carbocycles. The molecule has 0 radical (unpaired) electrons. The monoisotopic (exact) mass is 585 g/mol. The van der Waals surface area contributed by atoms with Crippen LogP contribution in [0.4, 0.5) is 0 Å². The Morgan fingerprint density at radius 3 is 2.36 bits per heavy atom. The zero-order valence-corrected chi connectivity index (χ0v) is 28.8. The molecule has 5 nitrogen and oxygen atoms in total. The first kappa shape index (κ1) is 32.5. The fourth-order valence-corrected chi connectivity index (χ4v) is 11.8. The van der Waals surface area contributed by atoms with Crippen molar-refractivity contribution in [2.45, 2.75) is 127 Å². The number of hydrogen-bond acceptors (Lipinski definition) is 4. The minimum Gasteiger partial charge on any atom is -0.481 e. The van der Waals surface area contributed by atoms with Crippen molar-refractivity contribution in [1.82, 2.24) is 0 Å². The Hall–Kier alpha value is -0.910. The molecule has 2 bridgehead atoms. The minimum absolute atomic E-state index is 0.00325. The first-order chi connectivity index (χ1) is 19.3. The van der Waals surface area contributed by atoms with Gasteiger partial charge in [0.05, 0.1) is 31.8 Å². The number of aliphatic carboxylic acids is 1. The van der Waals surface area contributed by atoms with Crippen molar-refractivity contribution >= 4 is 5.97 Å². The largest absolute Gasteiger partial charge is 0.481 e. The molecule has 0 aromatic rings. The van der Waals surface area contributed by atoms with Gasteiger partial charge in [-0.15, -0.1) is 0 Å². The number of rotatable bonds is 6. The van der Waals surface area contributed by atoms with Gasteiger partial charge in [0.1, 0.15) is 0 Å². The number of hydrogen-bond donors (Lipinski definition) is 2. The normalized spacial score (nSPS) is 48.4. The number of carbonyl (C=O) groups is 1. The second-order valence-electron chi connectivity index (χ2n) is 18.3. The van der Waals surface area contributed by atoms with E-state index in [0.717, 1.165) is 45.3 Å². The van der Waals surface area contributed by atoms with Gasteiger partial charge in [-0.2, -0.15) is 0 Å². The third kappa shape index (κ3) is 4.36. The predicted octanol–water partition coefficient (Wildman–Crippen LogP) is 7.97. The molecule has 5 heteroatoms. The van der Waals surface area contributed by atoms with Crippen LogP contribution in [0.3, 0.4) is 0 Å². The molecule has 4 fully saturated rings. The fraction of sp³-hybridized carbons (Fsp3) is 0.919. The molecule has 3 N–H and O–H groups in total. The molecule has 1 aliphatic heterocycles. The Labute approximate surface area is 257 Å². The standard InChI is InChI=1S/C37H63NO4/c1-22(2)24(4)33(8)16-17-35(10)25-12-13-27-34(9)20-41-21-37(27,26(25)14-15-36(35,11)29(33)31(39)40)18-23(3)30(34)42-19-28(38)32(5,6)7/h14,22-25,27-30H,12-13,15-21,38H2,1-11H3,(H,39,40)/t23-,24-,25+,27+,28+,29-,30+,33-,34+,35-,36+,37+/m1/s1. The summed E-state index contributed by atoms with van der Waals surface area (Å²) in [6.45, 7) is 27.5. The van der Waals surface area contributed by atoms with E-state index >= 15 is 0 Å². The van der Waals surface area contributed by atoms with Crippen LogP contribution in [0.15, 0.2) is 11.6 Å². The Bertz CT molecular complexity index is 1090. The van der Waals surface area contributed by atoms with Crippen molar-refractivity contribution in [2.75, 3.05) is 19.8 Å². The van der Waals surface area contributed by atoms with E-state index < -0.39 is 5.97 Å². The third-order valence-electron chi connectivity index (χ3n) is 14.9. The fourth-order valence-electron chi connectivity index (χ4n) is 11.8. The summed E-state index contributed by atoms with van der Waals surface area (Å²) in [7, 11) is 0. The molecule has 3 saturated carbocycles. The van der Waals surface area contributed by atoms with E-state index in [4.69, 9.17) is 15.2 Å². The summed E-state index contributed by atoms with van der Waals surface area (Å²) in [4.78, 5) is 13.3. The Kier molecular flexibility index (Phi) is 7.97. The summed E-state index contributed by atoms with van der Waals surface area (Å²) in [6.07, 6.45) is 9.04. The first-order valence-electron chi connectivity index (χ1n) is 17.2. The van der Waals surface area contributed by atoms with Crippen LogP contribution >= 0.6 is 0 Å². The van der Waals surface area contributed by atoms with Crippen LogP contribution in [0.2, 0.25) is 0 Å². The smallest absolute Gasteiger partial charge is 0.307 e. The summed E-state index contributed by atoms with van der Waals surface area (Å²) in [5.41, 5.74) is 7.64. The highest BCUT2D eigenvalue weighted by atomic mass is 16.5. The van der Waals surface area contributed by atoms with E-state index in [1.54, 1.807) is 5.57 Å². The van der Waals surface area contributed by atoms with Gasteiger partial charge in [-0.1, -0.05) is 87.8 Å². The van der Waals surface area contributed by atoms with E-state index in [1.807, 2.05) is 0 Å². The molecule has 1 saturated heterocycles. The lowest BCUT2D eigenvalue weighted by Crippen LogP contribution is -2.69. The summed E-state index contributed by atoms with van der Waals surface area (Å²) in [5.74, 6) is 1.23. The molecule has 5 rings (SSSR count). The van der Waals surface area contributed by atoms with Gasteiger partial charge < -0.3 is 20.3 Å². The van der Waals surface area contributed by atoms with Crippen molar-refractivity contribution < 1.29 is 19.4 Å². The Balaban J connectivity index is 1.52. The number of nitrogens with two attached hydrogens (primary N) is 1. The Morgan fingerprint density at radius 2 is 1.76 bits per heavy atom. The van der Waals surface area contributed by atoms with Crippen molar-refractivity contribution in [2.24, 2.45) is 73.7 Å².